The Kier molecular flexibility index (Phi) is 5.29. The monoisotopic (exact) mass is 129 g/mol. The highest BCUT2D eigenvalue weighted by Crippen LogP contribution is 2.06. The number of hydrogen-bond acceptors (Lipinski definition) is 1. The zero-order valence-electron chi connectivity index (χ0n) is 5.61. The van der Waals surface area contributed by atoms with Crippen LogP contribution in [0, 0.1) is 5.92 Å². The van der Waals surface area contributed by atoms with Gasteiger partial charge in [0, 0.05) is 5.37 Å². The zero-order chi connectivity index (χ0) is 6.41. The van der Waals surface area contributed by atoms with Crippen molar-refractivity contribution in [1.29, 1.82) is 0 Å². The van der Waals surface area contributed by atoms with Crippen molar-refractivity contribution in [3.63, 3.8) is 0 Å². The van der Waals surface area contributed by atoms with Crippen LogP contribution in [0.25, 0.3) is 0 Å². The molecular weight excluding hydrogens is 116 g/mol. The number of rotatable bonds is 4. The molecule has 0 aromatic carbocycles. The largest absolute Gasteiger partial charge is 0.0834 e. The maximum absolute atomic E-state index is 4.69. The molecule has 0 aliphatic rings. The predicted molar refractivity (Wildman–Crippen MR) is 41.3 cm³/mol. The molecule has 0 N–H and O–H groups in total. The highest BCUT2D eigenvalue weighted by atomic mass is 32.1. The average molecular weight is 129 g/mol. The van der Waals surface area contributed by atoms with Gasteiger partial charge < -0.3 is 0 Å². The maximum Gasteiger partial charge on any atom is 0.0325 e. The topological polar surface area (TPSA) is 0 Å². The molecule has 0 aliphatic carbocycles. The molecule has 8 heavy (non-hydrogen) atoms. The third-order valence-corrected chi connectivity index (χ3v) is 1.63. The van der Waals surface area contributed by atoms with Crippen LogP contribution in [0.1, 0.15) is 33.1 Å². The Balaban J connectivity index is 3.21. The van der Waals surface area contributed by atoms with Gasteiger partial charge in [0.1, 0.15) is 0 Å². The van der Waals surface area contributed by atoms with Gasteiger partial charge in [0.15, 0.2) is 0 Å². The molecular formula is C7H13S. The first-order chi connectivity index (χ1) is 3.85. The van der Waals surface area contributed by atoms with Crippen LogP contribution < -0.4 is 0 Å². The van der Waals surface area contributed by atoms with E-state index in [-0.39, 0.29) is 0 Å². The molecule has 0 saturated heterocycles. The van der Waals surface area contributed by atoms with Gasteiger partial charge in [-0.15, -0.1) is 0 Å². The molecule has 1 unspecified atom stereocenters. The minimum atomic E-state index is 0.565. The Hall–Kier alpha value is 0.0900. The van der Waals surface area contributed by atoms with Crippen molar-refractivity contribution in [2.24, 2.45) is 5.92 Å². The highest BCUT2D eigenvalue weighted by molar-refractivity contribution is 7.79. The van der Waals surface area contributed by atoms with E-state index in [1.54, 1.807) is 0 Å². The van der Waals surface area contributed by atoms with Gasteiger partial charge in [-0.3, -0.25) is 0 Å². The second kappa shape index (κ2) is 5.23. The van der Waals surface area contributed by atoms with Crippen molar-refractivity contribution in [2.75, 3.05) is 0 Å². The summed E-state index contributed by atoms with van der Waals surface area (Å²) in [5.41, 5.74) is 0. The standard InChI is InChI=1S/C7H13S/c1-3-5-7(4-2)6-8/h7H,3-5H2,1-2H3. The van der Waals surface area contributed by atoms with E-state index in [1.165, 1.54) is 12.8 Å². The van der Waals surface area contributed by atoms with E-state index in [0.717, 1.165) is 6.42 Å². The zero-order valence-corrected chi connectivity index (χ0v) is 6.42. The molecule has 47 valence electrons. The van der Waals surface area contributed by atoms with E-state index in [1.807, 2.05) is 0 Å². The van der Waals surface area contributed by atoms with Gasteiger partial charge in [-0.2, -0.15) is 0 Å². The summed E-state index contributed by atoms with van der Waals surface area (Å²) in [6, 6.07) is 0. The van der Waals surface area contributed by atoms with E-state index >= 15 is 0 Å². The Morgan fingerprint density at radius 1 is 1.50 bits per heavy atom. The minimum absolute atomic E-state index is 0.565. The van der Waals surface area contributed by atoms with Crippen molar-refractivity contribution >= 4 is 17.6 Å². The molecule has 0 bridgehead atoms. The molecule has 0 nitrogen and oxygen atoms in total. The van der Waals surface area contributed by atoms with E-state index in [0.29, 0.717) is 5.92 Å². The van der Waals surface area contributed by atoms with Crippen LogP contribution in [0.5, 0.6) is 0 Å². The average Bonchev–Trinajstić information content (AvgIpc) is 1.83. The molecule has 0 amide bonds. The van der Waals surface area contributed by atoms with E-state index < -0.39 is 0 Å². The van der Waals surface area contributed by atoms with Crippen molar-refractivity contribution in [1.82, 2.24) is 0 Å². The molecule has 0 saturated carbocycles. The van der Waals surface area contributed by atoms with Gasteiger partial charge in [-0.1, -0.05) is 32.5 Å². The molecule has 0 aromatic rings. The summed E-state index contributed by atoms with van der Waals surface area (Å²) in [6.07, 6.45) is 3.58. The third-order valence-electron chi connectivity index (χ3n) is 1.30. The fraction of sp³-hybridized carbons (Fsp3) is 0.857. The molecule has 1 radical (unpaired) electrons. The van der Waals surface area contributed by atoms with Crippen LogP contribution in [-0.2, 0) is 0 Å². The van der Waals surface area contributed by atoms with E-state index in [4.69, 9.17) is 0 Å². The fourth-order valence-corrected chi connectivity index (χ4v) is 0.979. The summed E-state index contributed by atoms with van der Waals surface area (Å²) >= 11 is 4.69. The number of thiocarbonyl (C=S) groups is 1. The second-order valence-corrected chi connectivity index (χ2v) is 2.25. The van der Waals surface area contributed by atoms with Crippen LogP contribution in [0.3, 0.4) is 0 Å². The van der Waals surface area contributed by atoms with Crippen molar-refractivity contribution < 1.29 is 0 Å². The predicted octanol–water partition coefficient (Wildman–Crippen LogP) is 2.69. The van der Waals surface area contributed by atoms with Crippen LogP contribution in [-0.4, -0.2) is 5.37 Å². The van der Waals surface area contributed by atoms with Crippen LogP contribution in [0.4, 0.5) is 0 Å². The molecule has 1 atom stereocenters. The van der Waals surface area contributed by atoms with Gasteiger partial charge in [-0.05, 0) is 18.8 Å². The molecule has 0 aromatic heterocycles. The summed E-state index contributed by atoms with van der Waals surface area (Å²) < 4.78 is 0. The van der Waals surface area contributed by atoms with Gasteiger partial charge in [0.2, 0.25) is 0 Å². The number of hydrogen-bond donors (Lipinski definition) is 0. The van der Waals surface area contributed by atoms with Crippen molar-refractivity contribution in [3.8, 4) is 0 Å². The minimum Gasteiger partial charge on any atom is -0.0834 e. The molecule has 0 heterocycles. The normalized spacial score (nSPS) is 13.2. The molecule has 0 rings (SSSR count). The lowest BCUT2D eigenvalue weighted by molar-refractivity contribution is 0.610. The summed E-state index contributed by atoms with van der Waals surface area (Å²) in [7, 11) is 0. The smallest absolute Gasteiger partial charge is 0.0325 e. The fourth-order valence-electron chi connectivity index (χ4n) is 0.695. The van der Waals surface area contributed by atoms with E-state index in [9.17, 15) is 0 Å². The first kappa shape index (κ1) is 8.09. The molecule has 1 heteroatoms. The highest BCUT2D eigenvalue weighted by Gasteiger charge is 1.97. The van der Waals surface area contributed by atoms with Crippen molar-refractivity contribution in [3.05, 3.63) is 0 Å². The first-order valence-electron chi connectivity index (χ1n) is 3.22. The van der Waals surface area contributed by atoms with Crippen LogP contribution >= 0.6 is 12.2 Å². The molecule has 0 aliphatic heterocycles. The van der Waals surface area contributed by atoms with Gasteiger partial charge >= 0.3 is 0 Å². The van der Waals surface area contributed by atoms with Gasteiger partial charge in [0.05, 0.1) is 0 Å². The summed E-state index contributed by atoms with van der Waals surface area (Å²) in [4.78, 5) is 0. The van der Waals surface area contributed by atoms with Crippen LogP contribution in [0.15, 0.2) is 0 Å². The summed E-state index contributed by atoms with van der Waals surface area (Å²) in [6.45, 7) is 4.33. The Morgan fingerprint density at radius 2 is 2.12 bits per heavy atom. The SMILES string of the molecule is CCCC([C]=S)CC. The first-order valence-corrected chi connectivity index (χ1v) is 3.63. The molecule has 0 spiro atoms. The Morgan fingerprint density at radius 3 is 2.25 bits per heavy atom. The Bertz CT molecular complexity index is 59.4. The molecule has 0 fully saturated rings. The summed E-state index contributed by atoms with van der Waals surface area (Å²) in [5.74, 6) is 0.565. The Labute approximate surface area is 57.3 Å². The lowest BCUT2D eigenvalue weighted by Crippen LogP contribution is -1.96. The van der Waals surface area contributed by atoms with Gasteiger partial charge in [0.25, 0.3) is 0 Å². The lowest BCUT2D eigenvalue weighted by Gasteiger charge is -2.02. The van der Waals surface area contributed by atoms with Crippen molar-refractivity contribution in [2.45, 2.75) is 33.1 Å². The second-order valence-electron chi connectivity index (χ2n) is 2.01. The van der Waals surface area contributed by atoms with Gasteiger partial charge in [-0.25, -0.2) is 0 Å². The maximum atomic E-state index is 4.69. The third kappa shape index (κ3) is 3.14. The summed E-state index contributed by atoms with van der Waals surface area (Å²) in [5, 5.41) is 2.84. The lowest BCUT2D eigenvalue weighted by atomic mass is 10.0. The van der Waals surface area contributed by atoms with E-state index in [2.05, 4.69) is 31.4 Å². The van der Waals surface area contributed by atoms with Crippen LogP contribution in [0.2, 0.25) is 0 Å². The quantitative estimate of drug-likeness (QED) is 0.526.